The third-order valence-electron chi connectivity index (χ3n) is 4.54. The van der Waals surface area contributed by atoms with Crippen LogP contribution in [0.25, 0.3) is 0 Å². The molecule has 0 radical (unpaired) electrons. The normalized spacial score (nSPS) is 17.4. The van der Waals surface area contributed by atoms with Crippen molar-refractivity contribution in [3.8, 4) is 5.75 Å². The molecular weight excluding hydrogens is 316 g/mol. The molecule has 6 heteroatoms. The van der Waals surface area contributed by atoms with Gasteiger partial charge in [0.2, 0.25) is 0 Å². The van der Waals surface area contributed by atoms with Crippen molar-refractivity contribution in [2.75, 3.05) is 26.2 Å². The smallest absolute Gasteiger partial charge is 0.254 e. The molecule has 1 aromatic carbocycles. The lowest BCUT2D eigenvalue weighted by Crippen LogP contribution is -2.39. The molecule has 0 saturated carbocycles. The summed E-state index contributed by atoms with van der Waals surface area (Å²) in [5.41, 5.74) is 8.16. The van der Waals surface area contributed by atoms with Crippen molar-refractivity contribution in [3.05, 3.63) is 53.6 Å². The number of aryl methyl sites for hydroxylation is 1. The highest BCUT2D eigenvalue weighted by Crippen LogP contribution is 2.27. The fraction of sp³-hybridized carbons (Fsp3) is 0.421. The monoisotopic (exact) mass is 340 g/mol. The molecule has 1 aliphatic heterocycles. The van der Waals surface area contributed by atoms with Crippen LogP contribution >= 0.6 is 0 Å². The zero-order valence-corrected chi connectivity index (χ0v) is 14.5. The Labute approximate surface area is 148 Å². The number of nitrogens with two attached hydrogens (primary N) is 1. The van der Waals surface area contributed by atoms with Crippen LogP contribution in [0.5, 0.6) is 5.75 Å². The van der Waals surface area contributed by atoms with E-state index in [0.717, 1.165) is 36.4 Å². The number of rotatable bonds is 5. The van der Waals surface area contributed by atoms with Crippen LogP contribution in [0, 0.1) is 6.92 Å². The summed E-state index contributed by atoms with van der Waals surface area (Å²) in [6.07, 6.45) is 5.34. The molecule has 3 rings (SSSR count). The second kappa shape index (κ2) is 8.07. The van der Waals surface area contributed by atoms with Crippen LogP contribution in [0.15, 0.2) is 36.8 Å². The molecule has 2 heterocycles. The number of piperidine rings is 1. The molecule has 1 amide bonds. The Morgan fingerprint density at radius 1 is 1.40 bits per heavy atom. The maximum Gasteiger partial charge on any atom is 0.254 e. The maximum absolute atomic E-state index is 12.9. The van der Waals surface area contributed by atoms with E-state index in [-0.39, 0.29) is 11.8 Å². The molecular formula is C19H24N4O2. The number of carbonyl (C=O) groups is 1. The zero-order valence-electron chi connectivity index (χ0n) is 14.5. The minimum absolute atomic E-state index is 0.0383. The van der Waals surface area contributed by atoms with Crippen LogP contribution in [0.1, 0.15) is 40.4 Å². The number of amides is 1. The lowest BCUT2D eigenvalue weighted by Gasteiger charge is -2.32. The minimum Gasteiger partial charge on any atom is -0.492 e. The molecule has 2 aromatic rings. The Hall–Kier alpha value is -2.47. The van der Waals surface area contributed by atoms with Gasteiger partial charge in [0.05, 0.1) is 0 Å². The number of benzene rings is 1. The van der Waals surface area contributed by atoms with Gasteiger partial charge >= 0.3 is 0 Å². The SMILES string of the molecule is Cc1ccc(C(=O)N2CCC[C@H](c3ccncn3)C2)cc1OCCN. The van der Waals surface area contributed by atoms with Gasteiger partial charge in [-0.25, -0.2) is 9.97 Å². The molecule has 1 aliphatic rings. The van der Waals surface area contributed by atoms with Crippen molar-refractivity contribution < 1.29 is 9.53 Å². The topological polar surface area (TPSA) is 81.3 Å². The van der Waals surface area contributed by atoms with Crippen molar-refractivity contribution in [3.63, 3.8) is 0 Å². The highest BCUT2D eigenvalue weighted by molar-refractivity contribution is 5.94. The zero-order chi connectivity index (χ0) is 17.6. The second-order valence-electron chi connectivity index (χ2n) is 6.34. The number of nitrogens with zero attached hydrogens (tertiary/aromatic N) is 3. The number of carbonyl (C=O) groups excluding carboxylic acids is 1. The number of likely N-dealkylation sites (tertiary alicyclic amines) is 1. The van der Waals surface area contributed by atoms with Gasteiger partial charge in [-0.15, -0.1) is 0 Å². The first-order chi connectivity index (χ1) is 12.2. The van der Waals surface area contributed by atoms with E-state index in [1.165, 1.54) is 0 Å². The van der Waals surface area contributed by atoms with E-state index in [1.54, 1.807) is 12.5 Å². The number of hydrogen-bond donors (Lipinski definition) is 1. The Morgan fingerprint density at radius 2 is 2.28 bits per heavy atom. The number of hydrogen-bond acceptors (Lipinski definition) is 5. The van der Waals surface area contributed by atoms with Crippen LogP contribution in [0.3, 0.4) is 0 Å². The quantitative estimate of drug-likeness (QED) is 0.902. The summed E-state index contributed by atoms with van der Waals surface area (Å²) in [7, 11) is 0. The molecule has 25 heavy (non-hydrogen) atoms. The van der Waals surface area contributed by atoms with E-state index in [2.05, 4.69) is 9.97 Å². The third kappa shape index (κ3) is 4.14. The van der Waals surface area contributed by atoms with E-state index in [4.69, 9.17) is 10.5 Å². The Bertz CT molecular complexity index is 721. The highest BCUT2D eigenvalue weighted by atomic mass is 16.5. The Kier molecular flexibility index (Phi) is 5.60. The lowest BCUT2D eigenvalue weighted by molar-refractivity contribution is 0.0705. The summed E-state index contributed by atoms with van der Waals surface area (Å²) >= 11 is 0. The van der Waals surface area contributed by atoms with Crippen molar-refractivity contribution >= 4 is 5.91 Å². The van der Waals surface area contributed by atoms with E-state index in [9.17, 15) is 4.79 Å². The molecule has 132 valence electrons. The van der Waals surface area contributed by atoms with E-state index < -0.39 is 0 Å². The molecule has 1 saturated heterocycles. The fourth-order valence-electron chi connectivity index (χ4n) is 3.19. The van der Waals surface area contributed by atoms with Gasteiger partial charge in [-0.05, 0) is 43.5 Å². The van der Waals surface area contributed by atoms with Crippen LogP contribution in [-0.2, 0) is 0 Å². The summed E-state index contributed by atoms with van der Waals surface area (Å²) in [5.74, 6) is 1.02. The minimum atomic E-state index is 0.0383. The largest absolute Gasteiger partial charge is 0.492 e. The van der Waals surface area contributed by atoms with Gasteiger partial charge in [-0.2, -0.15) is 0 Å². The molecule has 0 unspecified atom stereocenters. The maximum atomic E-state index is 12.9. The van der Waals surface area contributed by atoms with E-state index in [1.807, 2.05) is 36.1 Å². The third-order valence-corrected chi connectivity index (χ3v) is 4.54. The summed E-state index contributed by atoms with van der Waals surface area (Å²) in [6, 6.07) is 7.54. The van der Waals surface area contributed by atoms with Gasteiger partial charge in [0.1, 0.15) is 18.7 Å². The summed E-state index contributed by atoms with van der Waals surface area (Å²) in [5, 5.41) is 0. The molecule has 0 bridgehead atoms. The van der Waals surface area contributed by atoms with Gasteiger partial charge in [-0.3, -0.25) is 4.79 Å². The summed E-state index contributed by atoms with van der Waals surface area (Å²) in [6.45, 7) is 4.31. The van der Waals surface area contributed by atoms with Crippen LogP contribution < -0.4 is 10.5 Å². The molecule has 2 N–H and O–H groups in total. The first-order valence-corrected chi connectivity index (χ1v) is 8.67. The Morgan fingerprint density at radius 3 is 3.04 bits per heavy atom. The Balaban J connectivity index is 1.74. The standard InChI is InChI=1S/C19H24N4O2/c1-14-4-5-15(11-18(14)25-10-7-20)19(24)23-9-2-3-16(12-23)17-6-8-21-13-22-17/h4-6,8,11,13,16H,2-3,7,9-10,12,20H2,1H3/t16-/m0/s1. The van der Waals surface area contributed by atoms with Crippen molar-refractivity contribution in [2.24, 2.45) is 5.73 Å². The van der Waals surface area contributed by atoms with Crippen LogP contribution in [0.4, 0.5) is 0 Å². The van der Waals surface area contributed by atoms with Crippen molar-refractivity contribution in [1.29, 1.82) is 0 Å². The van der Waals surface area contributed by atoms with E-state index >= 15 is 0 Å². The predicted molar refractivity (Wildman–Crippen MR) is 95.6 cm³/mol. The van der Waals surface area contributed by atoms with Crippen LogP contribution in [-0.4, -0.2) is 47.0 Å². The molecule has 1 atom stereocenters. The predicted octanol–water partition coefficient (Wildman–Crippen LogP) is 2.14. The van der Waals surface area contributed by atoms with Gasteiger partial charge in [0.25, 0.3) is 5.91 Å². The molecule has 1 fully saturated rings. The van der Waals surface area contributed by atoms with Gasteiger partial charge in [0.15, 0.2) is 0 Å². The van der Waals surface area contributed by atoms with Crippen molar-refractivity contribution in [2.45, 2.75) is 25.7 Å². The second-order valence-corrected chi connectivity index (χ2v) is 6.34. The number of aromatic nitrogens is 2. The molecule has 0 spiro atoms. The fourth-order valence-corrected chi connectivity index (χ4v) is 3.19. The first-order valence-electron chi connectivity index (χ1n) is 8.67. The summed E-state index contributed by atoms with van der Waals surface area (Å²) < 4.78 is 5.64. The average Bonchev–Trinajstić information content (AvgIpc) is 2.67. The van der Waals surface area contributed by atoms with Crippen LogP contribution in [0.2, 0.25) is 0 Å². The number of ether oxygens (including phenoxy) is 1. The van der Waals surface area contributed by atoms with Gasteiger partial charge < -0.3 is 15.4 Å². The highest BCUT2D eigenvalue weighted by Gasteiger charge is 2.26. The average molecular weight is 340 g/mol. The van der Waals surface area contributed by atoms with Crippen molar-refractivity contribution in [1.82, 2.24) is 14.9 Å². The van der Waals surface area contributed by atoms with Gasteiger partial charge in [0, 0.05) is 43.0 Å². The first kappa shape index (κ1) is 17.4. The molecule has 0 aliphatic carbocycles. The lowest BCUT2D eigenvalue weighted by atomic mass is 9.94. The molecule has 6 nitrogen and oxygen atoms in total. The van der Waals surface area contributed by atoms with E-state index in [0.29, 0.717) is 25.3 Å². The van der Waals surface area contributed by atoms with Gasteiger partial charge in [-0.1, -0.05) is 6.07 Å². The summed E-state index contributed by atoms with van der Waals surface area (Å²) in [4.78, 5) is 23.2. The molecule has 1 aromatic heterocycles.